The number of hydrogen-bond donors (Lipinski definition) is 3. The molecule has 3 heterocycles. The minimum Gasteiger partial charge on any atom is -0.341 e. The molecule has 1 aromatic carbocycles. The van der Waals surface area contributed by atoms with E-state index in [0.717, 1.165) is 0 Å². The van der Waals surface area contributed by atoms with E-state index in [1.165, 1.54) is 4.68 Å². The Hall–Kier alpha value is -4.93. The molecule has 3 aromatic heterocycles. The van der Waals surface area contributed by atoms with Crippen LogP contribution in [0.4, 0.5) is 23.7 Å². The Balaban J connectivity index is 1.52. The van der Waals surface area contributed by atoms with E-state index in [0.29, 0.717) is 33.7 Å². The maximum atomic E-state index is 12.3. The molecule has 3 amide bonds. The zero-order valence-corrected chi connectivity index (χ0v) is 19.3. The van der Waals surface area contributed by atoms with Gasteiger partial charge in [0, 0.05) is 28.6 Å². The van der Waals surface area contributed by atoms with Gasteiger partial charge >= 0.3 is 12.2 Å². The number of amides is 3. The summed E-state index contributed by atoms with van der Waals surface area (Å²) < 4.78 is 40.0. The summed E-state index contributed by atoms with van der Waals surface area (Å²) in [6.45, 7) is 0.128. The summed E-state index contributed by atoms with van der Waals surface area (Å²) in [5.74, 6) is -0.336. The standard InChI is InChI=1S/C23H20F3N9O2/c1-14(21(36)28-6-5-27)34-12-17(10-31-34)16-8-20-29-11-19(35(20)32-9-16)15-3-2-4-18(7-15)33-22(37)30-13-23(24,25)26/h2-4,7-12,14H,6,13H2,1H3,(H,28,36)(H2,30,33,37). The highest BCUT2D eigenvalue weighted by molar-refractivity contribution is 5.90. The number of carbonyl (C=O) groups excluding carboxylic acids is 2. The van der Waals surface area contributed by atoms with Crippen molar-refractivity contribution in [2.45, 2.75) is 19.1 Å². The van der Waals surface area contributed by atoms with E-state index >= 15 is 0 Å². The number of urea groups is 1. The molecule has 37 heavy (non-hydrogen) atoms. The fraction of sp³-hybridized carbons (Fsp3) is 0.217. The predicted octanol–water partition coefficient (Wildman–Crippen LogP) is 3.14. The van der Waals surface area contributed by atoms with Crippen LogP contribution in [0.1, 0.15) is 13.0 Å². The van der Waals surface area contributed by atoms with Gasteiger partial charge in [-0.15, -0.1) is 0 Å². The maximum absolute atomic E-state index is 12.3. The smallest absolute Gasteiger partial charge is 0.341 e. The molecule has 1 atom stereocenters. The van der Waals surface area contributed by atoms with E-state index in [9.17, 15) is 22.8 Å². The zero-order chi connectivity index (χ0) is 26.6. The average molecular weight is 511 g/mol. The second kappa shape index (κ2) is 10.4. The van der Waals surface area contributed by atoms with Crippen LogP contribution < -0.4 is 16.0 Å². The Morgan fingerprint density at radius 3 is 2.62 bits per heavy atom. The van der Waals surface area contributed by atoms with Crippen LogP contribution >= 0.6 is 0 Å². The van der Waals surface area contributed by atoms with Crippen LogP contribution in [0.25, 0.3) is 28.0 Å². The van der Waals surface area contributed by atoms with Crippen molar-refractivity contribution in [3.63, 3.8) is 0 Å². The highest BCUT2D eigenvalue weighted by atomic mass is 19.4. The number of hydrogen-bond acceptors (Lipinski definition) is 6. The minimum atomic E-state index is -4.51. The third-order valence-corrected chi connectivity index (χ3v) is 5.28. The van der Waals surface area contributed by atoms with Crippen LogP contribution in [0.5, 0.6) is 0 Å². The molecule has 0 aliphatic carbocycles. The molecule has 4 aromatic rings. The number of halogens is 3. The minimum absolute atomic E-state index is 0.0929. The normalized spacial score (nSPS) is 12.1. The number of anilines is 1. The summed E-state index contributed by atoms with van der Waals surface area (Å²) in [6.07, 6.45) is 1.95. The Bertz CT molecular complexity index is 1490. The van der Waals surface area contributed by atoms with Crippen molar-refractivity contribution in [1.82, 2.24) is 35.0 Å². The average Bonchev–Trinajstić information content (AvgIpc) is 3.52. The van der Waals surface area contributed by atoms with Gasteiger partial charge in [-0.25, -0.2) is 14.3 Å². The molecule has 4 rings (SSSR count). The van der Waals surface area contributed by atoms with Crippen LogP contribution in [-0.2, 0) is 4.79 Å². The largest absolute Gasteiger partial charge is 0.405 e. The number of fused-ring (bicyclic) bond motifs is 1. The SMILES string of the molecule is CC(C(=O)NCC#N)n1cc(-c2cnn3c(-c4cccc(NC(=O)NCC(F)(F)F)c4)cnc3c2)cn1. The second-order valence-corrected chi connectivity index (χ2v) is 7.92. The van der Waals surface area contributed by atoms with E-state index in [-0.39, 0.29) is 12.5 Å². The van der Waals surface area contributed by atoms with Gasteiger partial charge in [0.25, 0.3) is 0 Å². The van der Waals surface area contributed by atoms with E-state index in [1.807, 2.05) is 6.07 Å². The number of carbonyl (C=O) groups is 2. The van der Waals surface area contributed by atoms with Crippen LogP contribution in [0, 0.1) is 11.3 Å². The molecule has 0 fully saturated rings. The van der Waals surface area contributed by atoms with E-state index < -0.39 is 24.8 Å². The van der Waals surface area contributed by atoms with Crippen molar-refractivity contribution in [3.05, 3.63) is 55.1 Å². The molecule has 0 aliphatic rings. The van der Waals surface area contributed by atoms with Gasteiger partial charge in [-0.1, -0.05) is 12.1 Å². The molecule has 190 valence electrons. The summed E-state index contributed by atoms with van der Waals surface area (Å²) in [7, 11) is 0. The van der Waals surface area contributed by atoms with Crippen molar-refractivity contribution in [1.29, 1.82) is 5.26 Å². The lowest BCUT2D eigenvalue weighted by molar-refractivity contribution is -0.124. The first kappa shape index (κ1) is 25.2. The summed E-state index contributed by atoms with van der Waals surface area (Å²) in [5, 5.41) is 23.9. The number of benzene rings is 1. The van der Waals surface area contributed by atoms with E-state index in [2.05, 4.69) is 25.8 Å². The van der Waals surface area contributed by atoms with Crippen LogP contribution in [0.2, 0.25) is 0 Å². The van der Waals surface area contributed by atoms with Crippen LogP contribution in [-0.4, -0.2) is 55.6 Å². The summed E-state index contributed by atoms with van der Waals surface area (Å²) in [4.78, 5) is 28.3. The van der Waals surface area contributed by atoms with Gasteiger partial charge in [0.05, 0.1) is 30.4 Å². The van der Waals surface area contributed by atoms with Crippen molar-refractivity contribution >= 4 is 23.3 Å². The summed E-state index contributed by atoms with van der Waals surface area (Å²) >= 11 is 0. The predicted molar refractivity (Wildman–Crippen MR) is 126 cm³/mol. The molecule has 0 bridgehead atoms. The monoisotopic (exact) mass is 511 g/mol. The van der Waals surface area contributed by atoms with Gasteiger partial charge in [-0.05, 0) is 25.1 Å². The molecule has 0 saturated heterocycles. The number of nitrogens with zero attached hydrogens (tertiary/aromatic N) is 6. The zero-order valence-electron chi connectivity index (χ0n) is 19.3. The lowest BCUT2D eigenvalue weighted by Gasteiger charge is -2.11. The Morgan fingerprint density at radius 1 is 1.08 bits per heavy atom. The lowest BCUT2D eigenvalue weighted by Crippen LogP contribution is -2.36. The Kier molecular flexibility index (Phi) is 7.05. The van der Waals surface area contributed by atoms with Gasteiger partial charge < -0.3 is 16.0 Å². The van der Waals surface area contributed by atoms with Gasteiger partial charge in [-0.2, -0.15) is 28.6 Å². The number of rotatable bonds is 7. The topological polar surface area (TPSA) is 142 Å². The number of nitriles is 1. The number of nitrogens with one attached hydrogen (secondary N) is 3. The first-order valence-corrected chi connectivity index (χ1v) is 10.9. The molecular weight excluding hydrogens is 491 g/mol. The highest BCUT2D eigenvalue weighted by Crippen LogP contribution is 2.26. The van der Waals surface area contributed by atoms with Crippen molar-refractivity contribution in [2.75, 3.05) is 18.4 Å². The lowest BCUT2D eigenvalue weighted by atomic mass is 10.1. The third-order valence-electron chi connectivity index (χ3n) is 5.28. The van der Waals surface area contributed by atoms with Crippen molar-refractivity contribution in [2.24, 2.45) is 0 Å². The first-order valence-electron chi connectivity index (χ1n) is 10.9. The highest BCUT2D eigenvalue weighted by Gasteiger charge is 2.27. The Labute approximate surface area is 207 Å². The maximum Gasteiger partial charge on any atom is 0.405 e. The molecule has 14 heteroatoms. The fourth-order valence-electron chi connectivity index (χ4n) is 3.44. The summed E-state index contributed by atoms with van der Waals surface area (Å²) in [5.41, 5.74) is 3.45. The molecule has 0 spiro atoms. The van der Waals surface area contributed by atoms with Gasteiger partial charge in [0.1, 0.15) is 19.1 Å². The number of aromatic nitrogens is 5. The van der Waals surface area contributed by atoms with Crippen LogP contribution in [0.15, 0.2) is 55.1 Å². The van der Waals surface area contributed by atoms with E-state index in [1.54, 1.807) is 71.9 Å². The van der Waals surface area contributed by atoms with Crippen LogP contribution in [0.3, 0.4) is 0 Å². The first-order chi connectivity index (χ1) is 17.6. The fourth-order valence-corrected chi connectivity index (χ4v) is 3.44. The van der Waals surface area contributed by atoms with Gasteiger partial charge in [0.2, 0.25) is 5.91 Å². The van der Waals surface area contributed by atoms with E-state index in [4.69, 9.17) is 5.26 Å². The molecule has 0 saturated carbocycles. The van der Waals surface area contributed by atoms with Crippen molar-refractivity contribution in [3.8, 4) is 28.5 Å². The molecular formula is C23H20F3N9O2. The Morgan fingerprint density at radius 2 is 1.86 bits per heavy atom. The molecule has 11 nitrogen and oxygen atoms in total. The number of alkyl halides is 3. The molecule has 1 unspecified atom stereocenters. The third kappa shape index (κ3) is 6.01. The van der Waals surface area contributed by atoms with Crippen molar-refractivity contribution < 1.29 is 22.8 Å². The molecule has 0 radical (unpaired) electrons. The molecule has 3 N–H and O–H groups in total. The quantitative estimate of drug-likeness (QED) is 0.326. The second-order valence-electron chi connectivity index (χ2n) is 7.92. The molecule has 0 aliphatic heterocycles. The van der Waals surface area contributed by atoms with Gasteiger partial charge in [0.15, 0.2) is 5.65 Å². The summed E-state index contributed by atoms with van der Waals surface area (Å²) in [6, 6.07) is 8.57. The number of imidazole rings is 1. The van der Waals surface area contributed by atoms with Gasteiger partial charge in [-0.3, -0.25) is 9.48 Å².